The molecular weight excluding hydrogens is 194 g/mol. The molecule has 2 atom stereocenters. The maximum atomic E-state index is 3.73. The van der Waals surface area contributed by atoms with Crippen LogP contribution < -0.4 is 5.32 Å². The monoisotopic (exact) mass is 219 g/mol. The van der Waals surface area contributed by atoms with Crippen LogP contribution in [-0.2, 0) is 0 Å². The molecule has 1 N–H and O–H groups in total. The lowest BCUT2D eigenvalue weighted by Gasteiger charge is -2.26. The van der Waals surface area contributed by atoms with Crippen molar-refractivity contribution in [3.05, 3.63) is 35.9 Å². The Kier molecular flexibility index (Phi) is 5.54. The van der Waals surface area contributed by atoms with Crippen LogP contribution in [0.15, 0.2) is 30.3 Å². The van der Waals surface area contributed by atoms with Crippen molar-refractivity contribution in [2.75, 3.05) is 0 Å². The first-order chi connectivity index (χ1) is 7.65. The topological polar surface area (TPSA) is 12.0 Å². The first-order valence-corrected chi connectivity index (χ1v) is 6.46. The number of hydrogen-bond donors (Lipinski definition) is 1. The summed E-state index contributed by atoms with van der Waals surface area (Å²) in [5.74, 6) is 0.627. The Morgan fingerprint density at radius 2 is 1.69 bits per heavy atom. The van der Waals surface area contributed by atoms with Gasteiger partial charge < -0.3 is 5.32 Å². The lowest BCUT2D eigenvalue weighted by Crippen LogP contribution is -2.33. The normalized spacial score (nSPS) is 15.1. The highest BCUT2D eigenvalue weighted by molar-refractivity contribution is 5.19. The number of benzene rings is 1. The highest BCUT2D eigenvalue weighted by atomic mass is 14.9. The van der Waals surface area contributed by atoms with Crippen LogP contribution >= 0.6 is 0 Å². The van der Waals surface area contributed by atoms with E-state index in [0.29, 0.717) is 18.0 Å². The summed E-state index contributed by atoms with van der Waals surface area (Å²) in [5, 5.41) is 3.73. The first-order valence-electron chi connectivity index (χ1n) is 6.46. The summed E-state index contributed by atoms with van der Waals surface area (Å²) in [6.45, 7) is 9.08. The van der Waals surface area contributed by atoms with E-state index in [-0.39, 0.29) is 0 Å². The summed E-state index contributed by atoms with van der Waals surface area (Å²) < 4.78 is 0. The fourth-order valence-electron chi connectivity index (χ4n) is 2.16. The second-order valence-corrected chi connectivity index (χ2v) is 4.99. The summed E-state index contributed by atoms with van der Waals surface area (Å²) in [7, 11) is 0. The molecule has 0 amide bonds. The van der Waals surface area contributed by atoms with Crippen LogP contribution in [0.25, 0.3) is 0 Å². The molecule has 0 saturated heterocycles. The Balaban J connectivity index is 2.69. The molecule has 1 aromatic rings. The summed E-state index contributed by atoms with van der Waals surface area (Å²) in [6, 6.07) is 11.8. The highest BCUT2D eigenvalue weighted by Crippen LogP contribution is 2.22. The highest BCUT2D eigenvalue weighted by Gasteiger charge is 2.16. The minimum atomic E-state index is 0.475. The van der Waals surface area contributed by atoms with Gasteiger partial charge in [-0.15, -0.1) is 0 Å². The molecular formula is C15H25N. The van der Waals surface area contributed by atoms with Gasteiger partial charge in [0.2, 0.25) is 0 Å². The van der Waals surface area contributed by atoms with E-state index in [4.69, 9.17) is 0 Å². The standard InChI is InChI=1S/C15H25N/c1-5-9-13(4)16-15(12(2)3)14-10-7-6-8-11-14/h6-8,10-13,15-16H,5,9H2,1-4H3. The predicted molar refractivity (Wildman–Crippen MR) is 71.5 cm³/mol. The van der Waals surface area contributed by atoms with Gasteiger partial charge in [-0.05, 0) is 24.8 Å². The molecule has 0 aliphatic heterocycles. The molecule has 0 saturated carbocycles. The molecule has 0 aromatic heterocycles. The van der Waals surface area contributed by atoms with Gasteiger partial charge in [0.05, 0.1) is 0 Å². The van der Waals surface area contributed by atoms with Crippen molar-refractivity contribution in [1.82, 2.24) is 5.32 Å². The molecule has 0 fully saturated rings. The average Bonchev–Trinajstić information content (AvgIpc) is 2.27. The first kappa shape index (κ1) is 13.2. The second kappa shape index (κ2) is 6.70. The zero-order valence-electron chi connectivity index (χ0n) is 11.0. The van der Waals surface area contributed by atoms with Gasteiger partial charge in [0.1, 0.15) is 0 Å². The fourth-order valence-corrected chi connectivity index (χ4v) is 2.16. The van der Waals surface area contributed by atoms with Crippen molar-refractivity contribution in [2.45, 2.75) is 52.6 Å². The van der Waals surface area contributed by atoms with Crippen LogP contribution in [0.2, 0.25) is 0 Å². The summed E-state index contributed by atoms with van der Waals surface area (Å²) in [6.07, 6.45) is 2.49. The third-order valence-electron chi connectivity index (χ3n) is 3.01. The average molecular weight is 219 g/mol. The zero-order chi connectivity index (χ0) is 12.0. The van der Waals surface area contributed by atoms with Crippen LogP contribution in [-0.4, -0.2) is 6.04 Å². The van der Waals surface area contributed by atoms with E-state index in [1.165, 1.54) is 18.4 Å². The maximum absolute atomic E-state index is 3.73. The van der Waals surface area contributed by atoms with Crippen LogP contribution in [0, 0.1) is 5.92 Å². The maximum Gasteiger partial charge on any atom is 0.0345 e. The largest absolute Gasteiger partial charge is 0.307 e. The van der Waals surface area contributed by atoms with Gasteiger partial charge in [0.25, 0.3) is 0 Å². The molecule has 1 rings (SSSR count). The Bertz CT molecular complexity index is 279. The van der Waals surface area contributed by atoms with Crippen molar-refractivity contribution < 1.29 is 0 Å². The Hall–Kier alpha value is -0.820. The number of nitrogens with one attached hydrogen (secondary N) is 1. The molecule has 0 aliphatic carbocycles. The smallest absolute Gasteiger partial charge is 0.0345 e. The van der Waals surface area contributed by atoms with Gasteiger partial charge in [0.15, 0.2) is 0 Å². The van der Waals surface area contributed by atoms with Gasteiger partial charge in [-0.25, -0.2) is 0 Å². The molecule has 1 nitrogen and oxygen atoms in total. The molecule has 0 heterocycles. The molecule has 0 bridgehead atoms. The third-order valence-corrected chi connectivity index (χ3v) is 3.01. The SMILES string of the molecule is CCCC(C)NC(c1ccccc1)C(C)C. The Morgan fingerprint density at radius 1 is 1.06 bits per heavy atom. The van der Waals surface area contributed by atoms with Crippen molar-refractivity contribution >= 4 is 0 Å². The number of hydrogen-bond acceptors (Lipinski definition) is 1. The molecule has 16 heavy (non-hydrogen) atoms. The minimum absolute atomic E-state index is 0.475. The summed E-state index contributed by atoms with van der Waals surface area (Å²) in [5.41, 5.74) is 1.40. The van der Waals surface area contributed by atoms with E-state index in [1.807, 2.05) is 0 Å². The van der Waals surface area contributed by atoms with Gasteiger partial charge in [-0.3, -0.25) is 0 Å². The van der Waals surface area contributed by atoms with Gasteiger partial charge >= 0.3 is 0 Å². The quantitative estimate of drug-likeness (QED) is 0.757. The van der Waals surface area contributed by atoms with Gasteiger partial charge in [-0.2, -0.15) is 0 Å². The summed E-state index contributed by atoms with van der Waals surface area (Å²) in [4.78, 5) is 0. The Labute approximate surface area is 100 Å². The molecule has 90 valence electrons. The molecule has 0 aliphatic rings. The fraction of sp³-hybridized carbons (Fsp3) is 0.600. The summed E-state index contributed by atoms with van der Waals surface area (Å²) >= 11 is 0. The van der Waals surface area contributed by atoms with Crippen molar-refractivity contribution in [1.29, 1.82) is 0 Å². The van der Waals surface area contributed by atoms with E-state index in [0.717, 1.165) is 0 Å². The van der Waals surface area contributed by atoms with E-state index in [9.17, 15) is 0 Å². The van der Waals surface area contributed by atoms with Crippen LogP contribution in [0.4, 0.5) is 0 Å². The van der Waals surface area contributed by atoms with Crippen molar-refractivity contribution in [3.8, 4) is 0 Å². The van der Waals surface area contributed by atoms with Crippen LogP contribution in [0.3, 0.4) is 0 Å². The molecule has 1 aromatic carbocycles. The Morgan fingerprint density at radius 3 is 2.19 bits per heavy atom. The molecule has 1 heteroatoms. The van der Waals surface area contributed by atoms with Crippen molar-refractivity contribution in [3.63, 3.8) is 0 Å². The van der Waals surface area contributed by atoms with Gasteiger partial charge in [0, 0.05) is 12.1 Å². The lowest BCUT2D eigenvalue weighted by atomic mass is 9.95. The molecule has 0 radical (unpaired) electrons. The molecule has 0 spiro atoms. The predicted octanol–water partition coefficient (Wildman–Crippen LogP) is 4.16. The van der Waals surface area contributed by atoms with E-state index in [2.05, 4.69) is 63.3 Å². The van der Waals surface area contributed by atoms with Crippen molar-refractivity contribution in [2.24, 2.45) is 5.92 Å². The lowest BCUT2D eigenvalue weighted by molar-refractivity contribution is 0.358. The van der Waals surface area contributed by atoms with E-state index < -0.39 is 0 Å². The van der Waals surface area contributed by atoms with E-state index in [1.54, 1.807) is 0 Å². The third kappa shape index (κ3) is 3.97. The zero-order valence-corrected chi connectivity index (χ0v) is 11.0. The minimum Gasteiger partial charge on any atom is -0.307 e. The second-order valence-electron chi connectivity index (χ2n) is 4.99. The van der Waals surface area contributed by atoms with Crippen LogP contribution in [0.1, 0.15) is 52.1 Å². The van der Waals surface area contributed by atoms with Crippen LogP contribution in [0.5, 0.6) is 0 Å². The molecule has 2 unspecified atom stereocenters. The number of rotatable bonds is 6. The van der Waals surface area contributed by atoms with Gasteiger partial charge in [-0.1, -0.05) is 57.5 Å². The van der Waals surface area contributed by atoms with E-state index >= 15 is 0 Å².